The van der Waals surface area contributed by atoms with Gasteiger partial charge in [0.05, 0.1) is 0 Å². The first-order chi connectivity index (χ1) is 10.2. The van der Waals surface area contributed by atoms with Gasteiger partial charge >= 0.3 is 0 Å². The van der Waals surface area contributed by atoms with Gasteiger partial charge in [-0.15, -0.1) is 0 Å². The minimum Gasteiger partial charge on any atom is -0.304 e. The quantitative estimate of drug-likeness (QED) is 0.682. The number of nitrogens with zero attached hydrogens (tertiary/aromatic N) is 3. The molecule has 2 saturated heterocycles. The summed E-state index contributed by atoms with van der Waals surface area (Å²) in [6.07, 6.45) is 1.36. The maximum atomic E-state index is 2.72. The monoisotopic (exact) mass is 309 g/mol. The van der Waals surface area contributed by atoms with Gasteiger partial charge in [-0.3, -0.25) is 4.90 Å². The van der Waals surface area contributed by atoms with E-state index in [-0.39, 0.29) is 0 Å². The molecule has 2 heterocycles. The van der Waals surface area contributed by atoms with Crippen molar-refractivity contribution >= 4 is 0 Å². The van der Waals surface area contributed by atoms with Crippen molar-refractivity contribution in [3.05, 3.63) is 0 Å². The molecule has 1 atom stereocenters. The van der Waals surface area contributed by atoms with Crippen molar-refractivity contribution in [1.82, 2.24) is 14.7 Å². The van der Waals surface area contributed by atoms with Gasteiger partial charge in [0.1, 0.15) is 0 Å². The molecular weight excluding hydrogens is 270 g/mol. The van der Waals surface area contributed by atoms with Crippen LogP contribution in [0.3, 0.4) is 0 Å². The standard InChI is InChI=1S/C19H39N3/c1-15(2)8-18(9-20(7)16(3)4)10-21-11-19(12-21)13-22(14-19)17(5)6/h15-18H,8-14H2,1-7H3. The molecular formula is C19H39N3. The second kappa shape index (κ2) is 7.19. The number of rotatable bonds is 8. The van der Waals surface area contributed by atoms with Crippen LogP contribution in [0.15, 0.2) is 0 Å². The maximum absolute atomic E-state index is 2.72. The Labute approximate surface area is 139 Å². The van der Waals surface area contributed by atoms with Crippen molar-refractivity contribution in [3.8, 4) is 0 Å². The van der Waals surface area contributed by atoms with Crippen LogP contribution in [0.4, 0.5) is 0 Å². The fraction of sp³-hybridized carbons (Fsp3) is 1.00. The predicted molar refractivity (Wildman–Crippen MR) is 96.3 cm³/mol. The van der Waals surface area contributed by atoms with Crippen LogP contribution < -0.4 is 0 Å². The first-order valence-electron chi connectivity index (χ1n) is 9.37. The molecule has 2 aliphatic rings. The third kappa shape index (κ3) is 4.46. The molecule has 22 heavy (non-hydrogen) atoms. The summed E-state index contributed by atoms with van der Waals surface area (Å²) in [5.41, 5.74) is 0.663. The Morgan fingerprint density at radius 3 is 2.00 bits per heavy atom. The normalized spacial score (nSPS) is 23.6. The molecule has 2 aliphatic heterocycles. The Kier molecular flexibility index (Phi) is 5.95. The highest BCUT2D eigenvalue weighted by molar-refractivity contribution is 5.06. The molecule has 0 N–H and O–H groups in total. The van der Waals surface area contributed by atoms with Gasteiger partial charge in [0.2, 0.25) is 0 Å². The molecule has 3 heteroatoms. The lowest BCUT2D eigenvalue weighted by Gasteiger charge is -2.62. The van der Waals surface area contributed by atoms with E-state index in [9.17, 15) is 0 Å². The summed E-state index contributed by atoms with van der Waals surface area (Å²) in [7, 11) is 2.28. The molecule has 0 aliphatic carbocycles. The first-order valence-corrected chi connectivity index (χ1v) is 9.37. The minimum atomic E-state index is 0.656. The first kappa shape index (κ1) is 18.2. The lowest BCUT2D eigenvalue weighted by Crippen LogP contribution is -2.73. The molecule has 1 spiro atoms. The molecule has 2 rings (SSSR count). The Morgan fingerprint density at radius 2 is 1.55 bits per heavy atom. The average molecular weight is 310 g/mol. The van der Waals surface area contributed by atoms with Crippen LogP contribution in [0.2, 0.25) is 0 Å². The highest BCUT2D eigenvalue weighted by Crippen LogP contribution is 2.40. The van der Waals surface area contributed by atoms with E-state index in [2.05, 4.69) is 63.3 Å². The SMILES string of the molecule is CC(C)CC(CN1CC2(C1)CN(C(C)C)C2)CN(C)C(C)C. The van der Waals surface area contributed by atoms with E-state index in [1.807, 2.05) is 0 Å². The van der Waals surface area contributed by atoms with Gasteiger partial charge in [0.25, 0.3) is 0 Å². The Morgan fingerprint density at radius 1 is 0.955 bits per heavy atom. The van der Waals surface area contributed by atoms with E-state index in [4.69, 9.17) is 0 Å². The van der Waals surface area contributed by atoms with Crippen molar-refractivity contribution < 1.29 is 0 Å². The van der Waals surface area contributed by atoms with Gasteiger partial charge in [0.15, 0.2) is 0 Å². The predicted octanol–water partition coefficient (Wildman–Crippen LogP) is 3.01. The topological polar surface area (TPSA) is 9.72 Å². The third-order valence-corrected chi connectivity index (χ3v) is 5.67. The zero-order chi connectivity index (χ0) is 16.5. The van der Waals surface area contributed by atoms with Crippen LogP contribution >= 0.6 is 0 Å². The summed E-state index contributed by atoms with van der Waals surface area (Å²) in [4.78, 5) is 7.86. The summed E-state index contributed by atoms with van der Waals surface area (Å²) in [5, 5.41) is 0. The van der Waals surface area contributed by atoms with Gasteiger partial charge < -0.3 is 9.80 Å². The number of hydrogen-bond acceptors (Lipinski definition) is 3. The second-order valence-electron chi connectivity index (χ2n) is 9.20. The fourth-order valence-corrected chi connectivity index (χ4v) is 4.27. The van der Waals surface area contributed by atoms with Crippen LogP contribution in [-0.2, 0) is 0 Å². The van der Waals surface area contributed by atoms with E-state index in [1.165, 1.54) is 45.7 Å². The molecule has 0 bridgehead atoms. The molecule has 0 aromatic heterocycles. The van der Waals surface area contributed by atoms with Crippen molar-refractivity contribution in [1.29, 1.82) is 0 Å². The van der Waals surface area contributed by atoms with Gasteiger partial charge in [-0.1, -0.05) is 13.8 Å². The summed E-state index contributed by atoms with van der Waals surface area (Å²) < 4.78 is 0. The summed E-state index contributed by atoms with van der Waals surface area (Å²) in [5.74, 6) is 1.63. The summed E-state index contributed by atoms with van der Waals surface area (Å²) in [6, 6.07) is 1.39. The van der Waals surface area contributed by atoms with E-state index >= 15 is 0 Å². The van der Waals surface area contributed by atoms with Gasteiger partial charge in [-0.2, -0.15) is 0 Å². The lowest BCUT2D eigenvalue weighted by molar-refractivity contribution is -0.130. The minimum absolute atomic E-state index is 0.656. The van der Waals surface area contributed by atoms with Gasteiger partial charge in [-0.05, 0) is 53.0 Å². The molecule has 0 amide bonds. The average Bonchev–Trinajstić information content (AvgIpc) is 2.28. The number of likely N-dealkylation sites (tertiary alicyclic amines) is 2. The third-order valence-electron chi connectivity index (χ3n) is 5.67. The van der Waals surface area contributed by atoms with Gasteiger partial charge in [0, 0.05) is 56.8 Å². The molecule has 0 aromatic carbocycles. The van der Waals surface area contributed by atoms with Crippen molar-refractivity contribution in [2.24, 2.45) is 17.3 Å². The second-order valence-corrected chi connectivity index (χ2v) is 9.20. The van der Waals surface area contributed by atoms with Crippen LogP contribution in [0.5, 0.6) is 0 Å². The molecule has 0 radical (unpaired) electrons. The van der Waals surface area contributed by atoms with E-state index in [0.29, 0.717) is 11.5 Å². The molecule has 0 saturated carbocycles. The van der Waals surface area contributed by atoms with Crippen LogP contribution in [0, 0.1) is 17.3 Å². The molecule has 1 unspecified atom stereocenters. The van der Waals surface area contributed by atoms with E-state index < -0.39 is 0 Å². The largest absolute Gasteiger partial charge is 0.304 e. The van der Waals surface area contributed by atoms with Crippen LogP contribution in [-0.4, -0.2) is 73.1 Å². The van der Waals surface area contributed by atoms with E-state index in [1.54, 1.807) is 0 Å². The number of hydrogen-bond donors (Lipinski definition) is 0. The lowest BCUT2D eigenvalue weighted by atomic mass is 9.72. The smallest absolute Gasteiger partial charge is 0.0212 e. The molecule has 0 aromatic rings. The molecule has 130 valence electrons. The van der Waals surface area contributed by atoms with Crippen LogP contribution in [0.1, 0.15) is 48.0 Å². The Balaban J connectivity index is 1.75. The fourth-order valence-electron chi connectivity index (χ4n) is 4.27. The summed E-state index contributed by atoms with van der Waals surface area (Å²) >= 11 is 0. The van der Waals surface area contributed by atoms with Crippen LogP contribution in [0.25, 0.3) is 0 Å². The van der Waals surface area contributed by atoms with Crippen molar-refractivity contribution in [2.45, 2.75) is 60.0 Å². The highest BCUT2D eigenvalue weighted by Gasteiger charge is 2.51. The van der Waals surface area contributed by atoms with Crippen molar-refractivity contribution in [2.75, 3.05) is 46.3 Å². The van der Waals surface area contributed by atoms with Crippen molar-refractivity contribution in [3.63, 3.8) is 0 Å². The Hall–Kier alpha value is -0.120. The van der Waals surface area contributed by atoms with Gasteiger partial charge in [-0.25, -0.2) is 0 Å². The summed E-state index contributed by atoms with van der Waals surface area (Å²) in [6.45, 7) is 21.9. The molecule has 2 fully saturated rings. The highest BCUT2D eigenvalue weighted by atomic mass is 15.3. The zero-order valence-electron chi connectivity index (χ0n) is 16.1. The maximum Gasteiger partial charge on any atom is 0.0212 e. The van der Waals surface area contributed by atoms with E-state index in [0.717, 1.165) is 17.9 Å². The Bertz CT molecular complexity index is 337. The zero-order valence-corrected chi connectivity index (χ0v) is 16.1. The molecule has 3 nitrogen and oxygen atoms in total.